The molecule has 0 aliphatic heterocycles. The molecule has 0 bridgehead atoms. The van der Waals surface area contributed by atoms with Gasteiger partial charge in [0.15, 0.2) is 0 Å². The van der Waals surface area contributed by atoms with Gasteiger partial charge in [-0.15, -0.1) is 0 Å². The number of aryl methyl sites for hydroxylation is 1. The van der Waals surface area contributed by atoms with Crippen LogP contribution in [0.1, 0.15) is 28.4 Å². The van der Waals surface area contributed by atoms with Crippen molar-refractivity contribution in [3.05, 3.63) is 83.4 Å². The summed E-state index contributed by atoms with van der Waals surface area (Å²) in [7, 11) is 0. The number of hydrogen-bond acceptors (Lipinski definition) is 5. The van der Waals surface area contributed by atoms with E-state index >= 15 is 0 Å². The topological polar surface area (TPSA) is 77.2 Å². The van der Waals surface area contributed by atoms with E-state index in [1.54, 1.807) is 24.5 Å². The molecule has 0 fully saturated rings. The zero-order valence-corrected chi connectivity index (χ0v) is 16.1. The van der Waals surface area contributed by atoms with Crippen molar-refractivity contribution in [3.63, 3.8) is 0 Å². The van der Waals surface area contributed by atoms with E-state index in [1.165, 1.54) is 29.2 Å². The van der Waals surface area contributed by atoms with Crippen molar-refractivity contribution in [1.29, 1.82) is 0 Å². The van der Waals surface area contributed by atoms with Crippen LogP contribution >= 0.6 is 0 Å². The summed E-state index contributed by atoms with van der Waals surface area (Å²) in [6.45, 7) is 1.52. The number of aliphatic hydroxyl groups is 1. The molecule has 30 heavy (non-hydrogen) atoms. The summed E-state index contributed by atoms with van der Waals surface area (Å²) in [5.41, 5.74) is 0.669. The van der Waals surface area contributed by atoms with Crippen LogP contribution in [0.5, 0.6) is 0 Å². The van der Waals surface area contributed by atoms with Crippen LogP contribution in [-0.2, 0) is 28.9 Å². The molecule has 0 spiro atoms. The van der Waals surface area contributed by atoms with E-state index in [-0.39, 0.29) is 18.7 Å². The van der Waals surface area contributed by atoms with Gasteiger partial charge in [0, 0.05) is 18.6 Å². The van der Waals surface area contributed by atoms with Gasteiger partial charge < -0.3 is 9.84 Å². The minimum Gasteiger partial charge on any atom is -0.460 e. The number of aromatic nitrogens is 3. The monoisotopic (exact) mass is 419 g/mol. The number of carbonyl (C=O) groups is 1. The van der Waals surface area contributed by atoms with Gasteiger partial charge in [-0.1, -0.05) is 18.2 Å². The van der Waals surface area contributed by atoms with Crippen molar-refractivity contribution in [2.24, 2.45) is 5.92 Å². The van der Waals surface area contributed by atoms with Crippen LogP contribution in [0.15, 0.2) is 61.2 Å². The molecule has 0 aliphatic rings. The predicted octanol–water partition coefficient (Wildman–Crippen LogP) is 3.70. The number of rotatable bonds is 7. The summed E-state index contributed by atoms with van der Waals surface area (Å²) < 4.78 is 45.4. The van der Waals surface area contributed by atoms with Crippen LogP contribution in [0.4, 0.5) is 13.2 Å². The van der Waals surface area contributed by atoms with Gasteiger partial charge in [-0.05, 0) is 41.8 Å². The average Bonchev–Trinajstić information content (AvgIpc) is 3.15. The average molecular weight is 419 g/mol. The summed E-state index contributed by atoms with van der Waals surface area (Å²) >= 11 is 0. The smallest absolute Gasteiger partial charge is 0.416 e. The highest BCUT2D eigenvalue weighted by Crippen LogP contribution is 2.30. The standard InChI is InChI=1S/C21H20F3N3O3/c1-14-9-26-27(11-14)12-18(19(28)16-5-3-7-25-10-16)20(29)30-13-15-4-2-6-17(8-15)21(22,23)24/h2-11,18-19,28H,12-13H2,1H3. The van der Waals surface area contributed by atoms with E-state index in [0.29, 0.717) is 5.56 Å². The summed E-state index contributed by atoms with van der Waals surface area (Å²) in [5, 5.41) is 14.9. The predicted molar refractivity (Wildman–Crippen MR) is 101 cm³/mol. The Hall–Kier alpha value is -3.20. The van der Waals surface area contributed by atoms with Crippen LogP contribution in [-0.4, -0.2) is 25.8 Å². The Morgan fingerprint density at radius 3 is 2.67 bits per heavy atom. The molecule has 0 saturated heterocycles. The fourth-order valence-electron chi connectivity index (χ4n) is 2.95. The number of alkyl halides is 3. The zero-order valence-electron chi connectivity index (χ0n) is 16.1. The first-order chi connectivity index (χ1) is 14.2. The maximum absolute atomic E-state index is 12.9. The van der Waals surface area contributed by atoms with Gasteiger partial charge in [-0.2, -0.15) is 18.3 Å². The first-order valence-electron chi connectivity index (χ1n) is 9.14. The number of nitrogens with zero attached hydrogens (tertiary/aromatic N) is 3. The third-order valence-corrected chi connectivity index (χ3v) is 4.49. The van der Waals surface area contributed by atoms with E-state index < -0.39 is 29.7 Å². The Morgan fingerprint density at radius 1 is 1.23 bits per heavy atom. The van der Waals surface area contributed by atoms with Gasteiger partial charge in [0.25, 0.3) is 0 Å². The van der Waals surface area contributed by atoms with Gasteiger partial charge in [0.2, 0.25) is 0 Å². The molecule has 2 unspecified atom stereocenters. The first kappa shape index (κ1) is 21.5. The Balaban J connectivity index is 1.76. The molecule has 0 radical (unpaired) electrons. The lowest BCUT2D eigenvalue weighted by atomic mass is 9.97. The van der Waals surface area contributed by atoms with Crippen LogP contribution in [0.2, 0.25) is 0 Å². The maximum Gasteiger partial charge on any atom is 0.416 e. The molecule has 6 nitrogen and oxygen atoms in total. The highest BCUT2D eigenvalue weighted by Gasteiger charge is 2.32. The van der Waals surface area contributed by atoms with Gasteiger partial charge in [-0.25, -0.2) is 0 Å². The lowest BCUT2D eigenvalue weighted by Gasteiger charge is -2.22. The summed E-state index contributed by atoms with van der Waals surface area (Å²) in [5.74, 6) is -1.78. The lowest BCUT2D eigenvalue weighted by molar-refractivity contribution is -0.155. The summed E-state index contributed by atoms with van der Waals surface area (Å²) in [4.78, 5) is 16.7. The molecule has 0 amide bonds. The number of carbonyl (C=O) groups excluding carboxylic acids is 1. The number of halogens is 3. The second kappa shape index (κ2) is 9.08. The minimum atomic E-state index is -4.49. The minimum absolute atomic E-state index is 0.0331. The largest absolute Gasteiger partial charge is 0.460 e. The number of pyridine rings is 1. The molecule has 9 heteroatoms. The fourth-order valence-corrected chi connectivity index (χ4v) is 2.95. The number of benzene rings is 1. The molecular weight excluding hydrogens is 399 g/mol. The molecule has 2 heterocycles. The van der Waals surface area contributed by atoms with Crippen LogP contribution in [0.25, 0.3) is 0 Å². The molecular formula is C21H20F3N3O3. The molecule has 3 rings (SSSR count). The third kappa shape index (κ3) is 5.44. The third-order valence-electron chi connectivity index (χ3n) is 4.49. The summed E-state index contributed by atoms with van der Waals surface area (Å²) in [6.07, 6.45) is 0.582. The Kier molecular flexibility index (Phi) is 6.51. The molecule has 158 valence electrons. The van der Waals surface area contributed by atoms with Gasteiger partial charge in [-0.3, -0.25) is 14.5 Å². The molecule has 3 aromatic rings. The molecule has 2 aromatic heterocycles. The van der Waals surface area contributed by atoms with E-state index in [1.807, 2.05) is 6.92 Å². The number of hydrogen-bond donors (Lipinski definition) is 1. The van der Waals surface area contributed by atoms with Gasteiger partial charge >= 0.3 is 12.1 Å². The zero-order chi connectivity index (χ0) is 21.7. The highest BCUT2D eigenvalue weighted by molar-refractivity contribution is 5.73. The van der Waals surface area contributed by atoms with Crippen LogP contribution < -0.4 is 0 Å². The summed E-state index contributed by atoms with van der Waals surface area (Å²) in [6, 6.07) is 7.81. The van der Waals surface area contributed by atoms with E-state index in [0.717, 1.165) is 17.7 Å². The van der Waals surface area contributed by atoms with Gasteiger partial charge in [0.05, 0.1) is 24.4 Å². The van der Waals surface area contributed by atoms with E-state index in [9.17, 15) is 23.1 Å². The van der Waals surface area contributed by atoms with Crippen LogP contribution in [0, 0.1) is 12.8 Å². The second-order valence-corrected chi connectivity index (χ2v) is 6.88. The molecule has 2 atom stereocenters. The van der Waals surface area contributed by atoms with Crippen molar-refractivity contribution in [2.75, 3.05) is 0 Å². The Bertz CT molecular complexity index is 990. The molecule has 0 aliphatic carbocycles. The Labute approximate surface area is 170 Å². The number of ether oxygens (including phenoxy) is 1. The normalized spacial score (nSPS) is 13.6. The number of esters is 1. The quantitative estimate of drug-likeness (QED) is 0.591. The van der Waals surface area contributed by atoms with Crippen molar-refractivity contribution >= 4 is 5.97 Å². The Morgan fingerprint density at radius 2 is 2.03 bits per heavy atom. The second-order valence-electron chi connectivity index (χ2n) is 6.88. The van der Waals surface area contributed by atoms with Crippen molar-refractivity contribution in [1.82, 2.24) is 14.8 Å². The van der Waals surface area contributed by atoms with E-state index in [4.69, 9.17) is 4.74 Å². The number of aliphatic hydroxyl groups excluding tert-OH is 1. The lowest BCUT2D eigenvalue weighted by Crippen LogP contribution is -2.29. The maximum atomic E-state index is 12.9. The van der Waals surface area contributed by atoms with Crippen molar-refractivity contribution < 1.29 is 27.8 Å². The van der Waals surface area contributed by atoms with Crippen molar-refractivity contribution in [3.8, 4) is 0 Å². The first-order valence-corrected chi connectivity index (χ1v) is 9.14. The molecule has 0 saturated carbocycles. The van der Waals surface area contributed by atoms with Gasteiger partial charge in [0.1, 0.15) is 12.5 Å². The SMILES string of the molecule is Cc1cnn(CC(C(=O)OCc2cccc(C(F)(F)F)c2)C(O)c2cccnc2)c1. The van der Waals surface area contributed by atoms with Crippen molar-refractivity contribution in [2.45, 2.75) is 32.4 Å². The van der Waals surface area contributed by atoms with Crippen LogP contribution in [0.3, 0.4) is 0 Å². The molecule has 1 N–H and O–H groups in total. The fraction of sp³-hybridized carbons (Fsp3) is 0.286. The van der Waals surface area contributed by atoms with E-state index in [2.05, 4.69) is 10.1 Å². The molecule has 1 aromatic carbocycles. The highest BCUT2D eigenvalue weighted by atomic mass is 19.4.